The number of fused-ring (bicyclic) bond motifs is 1. The molecule has 2 rings (SSSR count). The van der Waals surface area contributed by atoms with Crippen molar-refractivity contribution in [3.8, 4) is 12.3 Å². The zero-order chi connectivity index (χ0) is 11.4. The van der Waals surface area contributed by atoms with Crippen LogP contribution in [-0.4, -0.2) is 18.5 Å². The van der Waals surface area contributed by atoms with Gasteiger partial charge in [0, 0.05) is 6.54 Å². The number of nitrogens with one attached hydrogen (secondary N) is 2. The van der Waals surface area contributed by atoms with Gasteiger partial charge in [-0.25, -0.2) is 0 Å². The predicted octanol–water partition coefficient (Wildman–Crippen LogP) is 0.450. The van der Waals surface area contributed by atoms with Crippen molar-refractivity contribution in [2.75, 3.05) is 6.54 Å². The highest BCUT2D eigenvalue weighted by Gasteiger charge is 2.22. The Kier molecular flexibility index (Phi) is 3.23. The van der Waals surface area contributed by atoms with Gasteiger partial charge in [0.05, 0.1) is 12.6 Å². The first-order valence-corrected chi connectivity index (χ1v) is 5.32. The number of hydrogen-bond acceptors (Lipinski definition) is 2. The molecule has 0 aliphatic carbocycles. The summed E-state index contributed by atoms with van der Waals surface area (Å²) in [6, 6.07) is 8.00. The molecule has 1 aromatic carbocycles. The van der Waals surface area contributed by atoms with Gasteiger partial charge in [0.15, 0.2) is 0 Å². The van der Waals surface area contributed by atoms with Crippen LogP contribution in [0.15, 0.2) is 24.3 Å². The predicted molar refractivity (Wildman–Crippen MR) is 62.6 cm³/mol. The van der Waals surface area contributed by atoms with Gasteiger partial charge in [-0.2, -0.15) is 0 Å². The Morgan fingerprint density at radius 1 is 1.50 bits per heavy atom. The Hall–Kier alpha value is -1.79. The van der Waals surface area contributed by atoms with Crippen LogP contribution in [-0.2, 0) is 17.8 Å². The summed E-state index contributed by atoms with van der Waals surface area (Å²) in [5.74, 6) is 2.38. The molecule has 1 amide bonds. The van der Waals surface area contributed by atoms with Gasteiger partial charge in [-0.3, -0.25) is 4.79 Å². The zero-order valence-electron chi connectivity index (χ0n) is 8.99. The van der Waals surface area contributed by atoms with Crippen molar-refractivity contribution in [1.82, 2.24) is 10.6 Å². The standard InChI is InChI=1S/C13H14N2O/c1-2-7-14-13(16)12-8-10-5-3-4-6-11(10)9-15-12/h1,3-6,12,15H,7-9H2,(H,14,16)/t12-/m0/s1. The summed E-state index contributed by atoms with van der Waals surface area (Å²) in [5.41, 5.74) is 2.51. The molecule has 1 heterocycles. The van der Waals surface area contributed by atoms with Gasteiger partial charge < -0.3 is 10.6 Å². The van der Waals surface area contributed by atoms with Gasteiger partial charge in [0.1, 0.15) is 0 Å². The maximum absolute atomic E-state index is 11.7. The molecule has 0 radical (unpaired) electrons. The molecular formula is C13H14N2O. The van der Waals surface area contributed by atoms with Crippen LogP contribution in [0.3, 0.4) is 0 Å². The van der Waals surface area contributed by atoms with Gasteiger partial charge in [-0.1, -0.05) is 30.2 Å². The van der Waals surface area contributed by atoms with Gasteiger partial charge >= 0.3 is 0 Å². The van der Waals surface area contributed by atoms with E-state index in [1.807, 2.05) is 12.1 Å². The third-order valence-electron chi connectivity index (χ3n) is 2.76. The lowest BCUT2D eigenvalue weighted by molar-refractivity contribution is -0.123. The summed E-state index contributed by atoms with van der Waals surface area (Å²) in [5, 5.41) is 5.90. The maximum Gasteiger partial charge on any atom is 0.238 e. The molecule has 3 nitrogen and oxygen atoms in total. The number of benzene rings is 1. The van der Waals surface area contributed by atoms with Crippen molar-refractivity contribution >= 4 is 5.91 Å². The van der Waals surface area contributed by atoms with Crippen LogP contribution >= 0.6 is 0 Å². The molecular weight excluding hydrogens is 200 g/mol. The largest absolute Gasteiger partial charge is 0.344 e. The fourth-order valence-corrected chi connectivity index (χ4v) is 1.90. The highest BCUT2D eigenvalue weighted by Crippen LogP contribution is 2.15. The normalized spacial score (nSPS) is 18.3. The topological polar surface area (TPSA) is 41.1 Å². The SMILES string of the molecule is C#CCNC(=O)[C@@H]1Cc2ccccc2CN1. The van der Waals surface area contributed by atoms with E-state index in [2.05, 4.69) is 28.7 Å². The molecule has 1 aromatic rings. The fourth-order valence-electron chi connectivity index (χ4n) is 1.90. The van der Waals surface area contributed by atoms with E-state index in [0.717, 1.165) is 13.0 Å². The Morgan fingerprint density at radius 2 is 2.25 bits per heavy atom. The van der Waals surface area contributed by atoms with Crippen LogP contribution in [0.5, 0.6) is 0 Å². The first-order valence-electron chi connectivity index (χ1n) is 5.32. The molecule has 0 fully saturated rings. The molecule has 82 valence electrons. The van der Waals surface area contributed by atoms with Gasteiger partial charge in [0.2, 0.25) is 5.91 Å². The van der Waals surface area contributed by atoms with Crippen LogP contribution in [0.1, 0.15) is 11.1 Å². The number of terminal acetylenes is 1. The molecule has 2 N–H and O–H groups in total. The van der Waals surface area contributed by atoms with Crippen LogP contribution in [0.2, 0.25) is 0 Å². The quantitative estimate of drug-likeness (QED) is 0.702. The Bertz CT molecular complexity index is 434. The van der Waals surface area contributed by atoms with Crippen molar-refractivity contribution in [2.45, 2.75) is 19.0 Å². The fraction of sp³-hybridized carbons (Fsp3) is 0.308. The lowest BCUT2D eigenvalue weighted by Gasteiger charge is -2.24. The van der Waals surface area contributed by atoms with Gasteiger partial charge in [-0.05, 0) is 17.5 Å². The average Bonchev–Trinajstić information content (AvgIpc) is 2.35. The van der Waals surface area contributed by atoms with Crippen LogP contribution in [0.4, 0.5) is 0 Å². The van der Waals surface area contributed by atoms with Crippen LogP contribution < -0.4 is 10.6 Å². The number of carbonyl (C=O) groups excluding carboxylic acids is 1. The molecule has 0 aromatic heterocycles. The second-order valence-electron chi connectivity index (χ2n) is 3.83. The third kappa shape index (κ3) is 2.23. The Labute approximate surface area is 95.2 Å². The van der Waals surface area contributed by atoms with E-state index >= 15 is 0 Å². The van der Waals surface area contributed by atoms with Crippen molar-refractivity contribution in [1.29, 1.82) is 0 Å². The first kappa shape index (κ1) is 10.7. The monoisotopic (exact) mass is 214 g/mol. The average molecular weight is 214 g/mol. The van der Waals surface area contributed by atoms with E-state index in [0.29, 0.717) is 6.54 Å². The van der Waals surface area contributed by atoms with E-state index in [-0.39, 0.29) is 11.9 Å². The van der Waals surface area contributed by atoms with Crippen LogP contribution in [0.25, 0.3) is 0 Å². The number of rotatable bonds is 2. The second-order valence-corrected chi connectivity index (χ2v) is 3.83. The summed E-state index contributed by atoms with van der Waals surface area (Å²) in [4.78, 5) is 11.7. The molecule has 1 aliphatic heterocycles. The minimum absolute atomic E-state index is 0.0209. The number of carbonyl (C=O) groups is 1. The molecule has 0 spiro atoms. The van der Waals surface area contributed by atoms with E-state index in [9.17, 15) is 4.79 Å². The Balaban J connectivity index is 2.03. The minimum Gasteiger partial charge on any atom is -0.344 e. The van der Waals surface area contributed by atoms with E-state index in [1.165, 1.54) is 11.1 Å². The zero-order valence-corrected chi connectivity index (χ0v) is 8.99. The third-order valence-corrected chi connectivity index (χ3v) is 2.76. The Morgan fingerprint density at radius 3 is 3.00 bits per heavy atom. The molecule has 0 unspecified atom stereocenters. The molecule has 16 heavy (non-hydrogen) atoms. The molecule has 3 heteroatoms. The van der Waals surface area contributed by atoms with Crippen LogP contribution in [0, 0.1) is 12.3 Å². The van der Waals surface area contributed by atoms with Gasteiger partial charge in [-0.15, -0.1) is 6.42 Å². The smallest absolute Gasteiger partial charge is 0.238 e. The molecule has 0 saturated heterocycles. The van der Waals surface area contributed by atoms with E-state index in [1.54, 1.807) is 0 Å². The first-order chi connectivity index (χ1) is 7.81. The second kappa shape index (κ2) is 4.82. The molecule has 0 bridgehead atoms. The highest BCUT2D eigenvalue weighted by molar-refractivity contribution is 5.82. The molecule has 0 saturated carbocycles. The lowest BCUT2D eigenvalue weighted by Crippen LogP contribution is -2.47. The van der Waals surface area contributed by atoms with E-state index < -0.39 is 0 Å². The summed E-state index contributed by atoms with van der Waals surface area (Å²) < 4.78 is 0. The van der Waals surface area contributed by atoms with Crippen molar-refractivity contribution in [3.05, 3.63) is 35.4 Å². The number of amides is 1. The molecule has 1 aliphatic rings. The van der Waals surface area contributed by atoms with Crippen molar-refractivity contribution < 1.29 is 4.79 Å². The summed E-state index contributed by atoms with van der Waals surface area (Å²) >= 11 is 0. The maximum atomic E-state index is 11.7. The number of hydrogen-bond donors (Lipinski definition) is 2. The summed E-state index contributed by atoms with van der Waals surface area (Å²) in [6.07, 6.45) is 5.83. The molecule has 1 atom stereocenters. The van der Waals surface area contributed by atoms with Crippen molar-refractivity contribution in [2.24, 2.45) is 0 Å². The highest BCUT2D eigenvalue weighted by atomic mass is 16.2. The van der Waals surface area contributed by atoms with E-state index in [4.69, 9.17) is 6.42 Å². The van der Waals surface area contributed by atoms with Crippen molar-refractivity contribution in [3.63, 3.8) is 0 Å². The van der Waals surface area contributed by atoms with Gasteiger partial charge in [0.25, 0.3) is 0 Å². The summed E-state index contributed by atoms with van der Waals surface area (Å²) in [6.45, 7) is 1.03. The minimum atomic E-state index is -0.164. The lowest BCUT2D eigenvalue weighted by atomic mass is 9.95. The summed E-state index contributed by atoms with van der Waals surface area (Å²) in [7, 11) is 0.